The van der Waals surface area contributed by atoms with E-state index in [1.165, 1.54) is 43.7 Å². The number of hydrogen-bond donors (Lipinski definition) is 0. The SMILES string of the molecule is CC1(C)C(=C=CC2=[N+](Cc3cccs3)c3ccccc3C2(C)C)N(Cc2cccs2)c2ccccc21. The fourth-order valence-electron chi connectivity index (χ4n) is 5.77. The third-order valence-electron chi connectivity index (χ3n) is 7.66. The summed E-state index contributed by atoms with van der Waals surface area (Å²) in [6, 6.07) is 26.4. The van der Waals surface area contributed by atoms with Crippen LogP contribution in [0.15, 0.2) is 101 Å². The minimum Gasteiger partial charge on any atom is -0.332 e. The van der Waals surface area contributed by atoms with Crippen LogP contribution in [-0.2, 0) is 23.9 Å². The first kappa shape index (κ1) is 23.2. The summed E-state index contributed by atoms with van der Waals surface area (Å²) in [6.07, 6.45) is 2.28. The summed E-state index contributed by atoms with van der Waals surface area (Å²) in [7, 11) is 0. The highest BCUT2D eigenvalue weighted by Crippen LogP contribution is 2.48. The lowest BCUT2D eigenvalue weighted by atomic mass is 9.81. The van der Waals surface area contributed by atoms with E-state index < -0.39 is 0 Å². The van der Waals surface area contributed by atoms with Crippen molar-refractivity contribution >= 4 is 39.8 Å². The van der Waals surface area contributed by atoms with Crippen LogP contribution in [0, 0.1) is 0 Å². The van der Waals surface area contributed by atoms with Gasteiger partial charge in [0, 0.05) is 27.6 Å². The van der Waals surface area contributed by atoms with E-state index in [2.05, 4.69) is 133 Å². The molecule has 180 valence electrons. The molecular weight excluding hydrogens is 477 g/mol. The molecule has 2 aromatic carbocycles. The first-order valence-electron chi connectivity index (χ1n) is 12.5. The Labute approximate surface area is 222 Å². The summed E-state index contributed by atoms with van der Waals surface area (Å²) in [5, 5.41) is 4.33. The number of fused-ring (bicyclic) bond motifs is 2. The quantitative estimate of drug-likeness (QED) is 0.194. The molecule has 0 radical (unpaired) electrons. The summed E-state index contributed by atoms with van der Waals surface area (Å²) in [5.41, 5.74) is 11.5. The maximum atomic E-state index is 3.87. The highest BCUT2D eigenvalue weighted by molar-refractivity contribution is 7.10. The van der Waals surface area contributed by atoms with Gasteiger partial charge in [-0.2, -0.15) is 4.58 Å². The lowest BCUT2D eigenvalue weighted by Crippen LogP contribution is -2.28. The van der Waals surface area contributed by atoms with Gasteiger partial charge >= 0.3 is 0 Å². The zero-order chi connectivity index (χ0) is 24.9. The Balaban J connectivity index is 1.53. The average molecular weight is 508 g/mol. The molecule has 0 spiro atoms. The molecule has 0 aliphatic carbocycles. The van der Waals surface area contributed by atoms with Crippen molar-refractivity contribution in [2.45, 2.75) is 51.6 Å². The molecule has 0 amide bonds. The highest BCUT2D eigenvalue weighted by atomic mass is 32.1. The molecule has 36 heavy (non-hydrogen) atoms. The summed E-state index contributed by atoms with van der Waals surface area (Å²) in [6.45, 7) is 11.1. The Kier molecular flexibility index (Phi) is 5.64. The monoisotopic (exact) mass is 507 g/mol. The lowest BCUT2D eigenvalue weighted by molar-refractivity contribution is -0.454. The van der Waals surface area contributed by atoms with Crippen LogP contribution in [0.25, 0.3) is 0 Å². The Morgan fingerprint density at radius 3 is 2.17 bits per heavy atom. The Bertz CT molecular complexity index is 1510. The van der Waals surface area contributed by atoms with E-state index in [-0.39, 0.29) is 10.8 Å². The summed E-state index contributed by atoms with van der Waals surface area (Å²) >= 11 is 3.64. The molecule has 6 rings (SSSR count). The van der Waals surface area contributed by atoms with E-state index in [9.17, 15) is 0 Å². The molecule has 4 aromatic rings. The van der Waals surface area contributed by atoms with Crippen LogP contribution in [0.2, 0.25) is 0 Å². The van der Waals surface area contributed by atoms with Crippen LogP contribution in [0.3, 0.4) is 0 Å². The van der Waals surface area contributed by atoms with E-state index in [0.717, 1.165) is 13.1 Å². The van der Waals surface area contributed by atoms with Gasteiger partial charge in [0.15, 0.2) is 12.3 Å². The summed E-state index contributed by atoms with van der Waals surface area (Å²) in [4.78, 5) is 5.20. The van der Waals surface area contributed by atoms with Crippen LogP contribution in [0.1, 0.15) is 48.6 Å². The number of allylic oxidation sites excluding steroid dienone is 1. The molecule has 4 heterocycles. The first-order valence-corrected chi connectivity index (χ1v) is 14.3. The predicted octanol–water partition coefficient (Wildman–Crippen LogP) is 8.42. The van der Waals surface area contributed by atoms with Crippen LogP contribution in [0.4, 0.5) is 11.4 Å². The molecule has 2 aromatic heterocycles. The van der Waals surface area contributed by atoms with Gasteiger partial charge in [-0.05, 0) is 62.2 Å². The zero-order valence-electron chi connectivity index (χ0n) is 21.3. The third kappa shape index (κ3) is 3.72. The molecule has 2 nitrogen and oxygen atoms in total. The second-order valence-corrected chi connectivity index (χ2v) is 12.7. The van der Waals surface area contributed by atoms with E-state index in [0.29, 0.717) is 0 Å². The first-order chi connectivity index (χ1) is 17.4. The van der Waals surface area contributed by atoms with Gasteiger partial charge in [0.2, 0.25) is 5.69 Å². The van der Waals surface area contributed by atoms with Crippen LogP contribution < -0.4 is 4.90 Å². The number of benzene rings is 2. The Hall–Kier alpha value is -3.17. The minimum absolute atomic E-state index is 0.102. The molecule has 0 saturated carbocycles. The molecule has 2 aliphatic rings. The Morgan fingerprint density at radius 2 is 1.44 bits per heavy atom. The summed E-state index contributed by atoms with van der Waals surface area (Å²) < 4.78 is 2.49. The molecule has 4 heteroatoms. The van der Waals surface area contributed by atoms with E-state index in [4.69, 9.17) is 0 Å². The minimum atomic E-state index is -0.126. The van der Waals surface area contributed by atoms with E-state index in [1.54, 1.807) is 0 Å². The molecule has 0 atom stereocenters. The second kappa shape index (κ2) is 8.74. The van der Waals surface area contributed by atoms with E-state index >= 15 is 0 Å². The molecular formula is C32H31N2S2+. The molecule has 0 saturated heterocycles. The van der Waals surface area contributed by atoms with Gasteiger partial charge in [0.25, 0.3) is 0 Å². The van der Waals surface area contributed by atoms with Gasteiger partial charge < -0.3 is 4.90 Å². The number of rotatable bonds is 5. The highest BCUT2D eigenvalue weighted by Gasteiger charge is 2.45. The van der Waals surface area contributed by atoms with Gasteiger partial charge in [0.05, 0.1) is 28.6 Å². The van der Waals surface area contributed by atoms with Crippen molar-refractivity contribution in [3.63, 3.8) is 0 Å². The van der Waals surface area contributed by atoms with Crippen molar-refractivity contribution < 1.29 is 4.58 Å². The van der Waals surface area contributed by atoms with Gasteiger partial charge in [-0.15, -0.1) is 22.7 Å². The van der Waals surface area contributed by atoms with Gasteiger partial charge in [-0.3, -0.25) is 0 Å². The normalized spacial score (nSPS) is 17.2. The smallest absolute Gasteiger partial charge is 0.210 e. The molecule has 0 bridgehead atoms. The summed E-state index contributed by atoms with van der Waals surface area (Å²) in [5.74, 6) is 0. The standard InChI is InChI=1S/C32H31N2S2/c1-31(2)25-13-5-7-15-27(25)33(21-23-11-9-19-35-23)29(31)17-18-30-32(3,4)26-14-6-8-16-28(26)34(30)22-24-12-10-20-36-24/h5-17,19-20H,21-22H2,1-4H3/q+1. The average Bonchev–Trinajstić information content (AvgIpc) is 3.64. The lowest BCUT2D eigenvalue weighted by Gasteiger charge is -2.25. The van der Waals surface area contributed by atoms with Crippen molar-refractivity contribution in [3.8, 4) is 0 Å². The largest absolute Gasteiger partial charge is 0.332 e. The zero-order valence-corrected chi connectivity index (χ0v) is 22.9. The van der Waals surface area contributed by atoms with Crippen molar-refractivity contribution in [3.05, 3.63) is 122 Å². The molecule has 2 aliphatic heterocycles. The predicted molar refractivity (Wildman–Crippen MR) is 154 cm³/mol. The number of thiophene rings is 2. The van der Waals surface area contributed by atoms with E-state index in [1.807, 2.05) is 22.7 Å². The van der Waals surface area contributed by atoms with Gasteiger partial charge in [-0.1, -0.05) is 54.3 Å². The van der Waals surface area contributed by atoms with Crippen molar-refractivity contribution in [1.29, 1.82) is 0 Å². The van der Waals surface area contributed by atoms with Crippen molar-refractivity contribution in [1.82, 2.24) is 0 Å². The number of anilines is 1. The fourth-order valence-corrected chi connectivity index (χ4v) is 7.16. The van der Waals surface area contributed by atoms with Gasteiger partial charge in [-0.25, -0.2) is 0 Å². The van der Waals surface area contributed by atoms with Gasteiger partial charge in [0.1, 0.15) is 0 Å². The number of para-hydroxylation sites is 2. The maximum Gasteiger partial charge on any atom is 0.210 e. The molecule has 0 unspecified atom stereocenters. The third-order valence-corrected chi connectivity index (χ3v) is 9.39. The van der Waals surface area contributed by atoms with Crippen molar-refractivity contribution in [2.24, 2.45) is 0 Å². The maximum absolute atomic E-state index is 3.87. The topological polar surface area (TPSA) is 6.25 Å². The number of nitrogens with zero attached hydrogens (tertiary/aromatic N) is 2. The number of hydrogen-bond acceptors (Lipinski definition) is 3. The van der Waals surface area contributed by atoms with Crippen LogP contribution in [0.5, 0.6) is 0 Å². The van der Waals surface area contributed by atoms with Crippen LogP contribution >= 0.6 is 22.7 Å². The second-order valence-electron chi connectivity index (χ2n) is 10.6. The van der Waals surface area contributed by atoms with Crippen molar-refractivity contribution in [2.75, 3.05) is 4.90 Å². The Morgan fingerprint density at radius 1 is 0.778 bits per heavy atom. The van der Waals surface area contributed by atoms with Crippen LogP contribution in [-0.4, -0.2) is 10.3 Å². The molecule has 0 N–H and O–H groups in total. The molecule has 0 fully saturated rings. The fraction of sp³-hybridized carbons (Fsp3) is 0.250.